The fraction of sp³-hybridized carbons (Fsp3) is 0.652. The zero-order valence-corrected chi connectivity index (χ0v) is 20.8. The first-order valence-electron chi connectivity index (χ1n) is 11.6. The molecule has 2 aromatic rings. The minimum atomic E-state index is 0.124. The van der Waals surface area contributed by atoms with Crippen LogP contribution in [-0.4, -0.2) is 61.7 Å². The average Bonchev–Trinajstić information content (AvgIpc) is 3.20. The summed E-state index contributed by atoms with van der Waals surface area (Å²) in [5, 5.41) is 4.21. The molecule has 2 saturated heterocycles. The molecule has 1 N–H and O–H groups in total. The summed E-state index contributed by atoms with van der Waals surface area (Å²) in [6.45, 7) is 8.75. The molecular formula is C23H33BrN4O2S. The number of likely N-dealkylation sites (tertiary alicyclic amines) is 1. The molecule has 0 bridgehead atoms. The quantitative estimate of drug-likeness (QED) is 0.525. The number of hydrogen-bond acceptors (Lipinski definition) is 6. The summed E-state index contributed by atoms with van der Waals surface area (Å²) in [5.41, 5.74) is 0.990. The Kier molecular flexibility index (Phi) is 8.07. The average molecular weight is 510 g/mol. The van der Waals surface area contributed by atoms with Crippen LogP contribution in [0, 0.1) is 5.92 Å². The number of halogens is 1. The van der Waals surface area contributed by atoms with Crippen molar-refractivity contribution in [3.63, 3.8) is 0 Å². The van der Waals surface area contributed by atoms with Crippen LogP contribution in [0.4, 0.5) is 5.13 Å². The highest BCUT2D eigenvalue weighted by molar-refractivity contribution is 9.10. The van der Waals surface area contributed by atoms with E-state index in [1.807, 2.05) is 13.0 Å². The summed E-state index contributed by atoms with van der Waals surface area (Å²) in [6.07, 6.45) is 6.85. The number of carbonyl (C=O) groups is 1. The van der Waals surface area contributed by atoms with E-state index in [-0.39, 0.29) is 11.8 Å². The topological polar surface area (TPSA) is 57.7 Å². The molecule has 2 aliphatic rings. The maximum absolute atomic E-state index is 12.6. The van der Waals surface area contributed by atoms with Gasteiger partial charge in [0.25, 0.3) is 0 Å². The van der Waals surface area contributed by atoms with E-state index in [4.69, 9.17) is 9.72 Å². The Hall–Kier alpha value is -1.38. The molecule has 8 heteroatoms. The molecule has 1 amide bonds. The third-order valence-corrected chi connectivity index (χ3v) is 7.96. The lowest BCUT2D eigenvalue weighted by Crippen LogP contribution is -2.41. The number of anilines is 1. The summed E-state index contributed by atoms with van der Waals surface area (Å²) in [7, 11) is 0. The van der Waals surface area contributed by atoms with Crippen molar-refractivity contribution in [1.29, 1.82) is 0 Å². The number of hydrogen-bond donors (Lipinski definition) is 1. The van der Waals surface area contributed by atoms with Crippen LogP contribution in [-0.2, 0) is 4.79 Å². The van der Waals surface area contributed by atoms with Crippen molar-refractivity contribution in [3.8, 4) is 5.75 Å². The predicted molar refractivity (Wildman–Crippen MR) is 131 cm³/mol. The van der Waals surface area contributed by atoms with E-state index in [1.165, 1.54) is 32.4 Å². The monoisotopic (exact) mass is 508 g/mol. The molecule has 4 rings (SSSR count). The lowest BCUT2D eigenvalue weighted by Gasteiger charge is -2.31. The molecule has 3 heterocycles. The Bertz CT molecular complexity index is 876. The van der Waals surface area contributed by atoms with Crippen LogP contribution >= 0.6 is 27.3 Å². The van der Waals surface area contributed by atoms with E-state index in [2.05, 4.69) is 37.1 Å². The second-order valence-electron chi connectivity index (χ2n) is 8.49. The van der Waals surface area contributed by atoms with Gasteiger partial charge in [-0.3, -0.25) is 4.79 Å². The van der Waals surface area contributed by atoms with Gasteiger partial charge in [0.05, 0.1) is 21.3 Å². The van der Waals surface area contributed by atoms with Crippen molar-refractivity contribution in [2.45, 2.75) is 45.4 Å². The highest BCUT2D eigenvalue weighted by atomic mass is 79.9. The molecule has 31 heavy (non-hydrogen) atoms. The molecule has 0 unspecified atom stereocenters. The highest BCUT2D eigenvalue weighted by Gasteiger charge is 2.26. The van der Waals surface area contributed by atoms with Crippen LogP contribution in [0.5, 0.6) is 5.75 Å². The second kappa shape index (κ2) is 11.0. The Morgan fingerprint density at radius 2 is 2.00 bits per heavy atom. The van der Waals surface area contributed by atoms with Gasteiger partial charge in [0.15, 0.2) is 5.13 Å². The number of fused-ring (bicyclic) bond motifs is 1. The number of nitrogens with zero attached hydrogens (tertiary/aromatic N) is 3. The lowest BCUT2D eigenvalue weighted by atomic mass is 9.96. The first-order chi connectivity index (χ1) is 15.1. The Labute approximate surface area is 197 Å². The molecule has 0 radical (unpaired) electrons. The number of aromatic nitrogens is 1. The first kappa shape index (κ1) is 22.8. The van der Waals surface area contributed by atoms with E-state index < -0.39 is 0 Å². The molecule has 0 aliphatic carbocycles. The minimum Gasteiger partial charge on any atom is -0.493 e. The number of amides is 1. The minimum absolute atomic E-state index is 0.124. The summed E-state index contributed by atoms with van der Waals surface area (Å²) >= 11 is 5.28. The highest BCUT2D eigenvalue weighted by Crippen LogP contribution is 2.37. The summed E-state index contributed by atoms with van der Waals surface area (Å²) in [4.78, 5) is 22.3. The maximum Gasteiger partial charge on any atom is 0.223 e. The SMILES string of the molecule is CCOc1cc2sc(N3CCC(C(=O)NCCCN4CCCCC4)CC3)nc2cc1Br. The van der Waals surface area contributed by atoms with E-state index in [0.29, 0.717) is 6.61 Å². The lowest BCUT2D eigenvalue weighted by molar-refractivity contribution is -0.125. The van der Waals surface area contributed by atoms with Gasteiger partial charge in [0, 0.05) is 31.6 Å². The van der Waals surface area contributed by atoms with Crippen LogP contribution in [0.1, 0.15) is 45.4 Å². The summed E-state index contributed by atoms with van der Waals surface area (Å²) in [5.74, 6) is 1.22. The molecule has 0 spiro atoms. The fourth-order valence-electron chi connectivity index (χ4n) is 4.49. The Morgan fingerprint density at radius 1 is 1.23 bits per heavy atom. The van der Waals surface area contributed by atoms with Gasteiger partial charge >= 0.3 is 0 Å². The molecule has 2 aliphatic heterocycles. The van der Waals surface area contributed by atoms with Gasteiger partial charge in [-0.05, 0) is 80.7 Å². The number of rotatable bonds is 8. The van der Waals surface area contributed by atoms with Gasteiger partial charge in [-0.2, -0.15) is 0 Å². The van der Waals surface area contributed by atoms with Crippen LogP contribution in [0.25, 0.3) is 10.2 Å². The number of carbonyl (C=O) groups excluding carboxylic acids is 1. The van der Waals surface area contributed by atoms with Crippen LogP contribution in [0.3, 0.4) is 0 Å². The van der Waals surface area contributed by atoms with Gasteiger partial charge in [0.2, 0.25) is 5.91 Å². The van der Waals surface area contributed by atoms with Crippen molar-refractivity contribution in [1.82, 2.24) is 15.2 Å². The third kappa shape index (κ3) is 5.90. The van der Waals surface area contributed by atoms with Crippen LogP contribution < -0.4 is 15.0 Å². The Morgan fingerprint density at radius 3 is 2.74 bits per heavy atom. The predicted octanol–water partition coefficient (Wildman–Crippen LogP) is 4.67. The van der Waals surface area contributed by atoms with Gasteiger partial charge in [-0.1, -0.05) is 17.8 Å². The maximum atomic E-state index is 12.6. The standard InChI is InChI=1S/C23H33BrN4O2S/c1-2-30-20-16-21-19(15-18(20)24)26-23(31-21)28-13-7-17(8-14-28)22(29)25-9-6-12-27-10-4-3-5-11-27/h15-17H,2-14H2,1H3,(H,25,29). The molecule has 1 aromatic heterocycles. The number of thiazole rings is 1. The van der Waals surface area contributed by atoms with Crippen molar-refractivity contribution in [2.24, 2.45) is 5.92 Å². The van der Waals surface area contributed by atoms with Gasteiger partial charge in [0.1, 0.15) is 5.75 Å². The summed E-state index contributed by atoms with van der Waals surface area (Å²) < 4.78 is 7.76. The molecule has 6 nitrogen and oxygen atoms in total. The number of benzene rings is 1. The van der Waals surface area contributed by atoms with Gasteiger partial charge < -0.3 is 19.9 Å². The largest absolute Gasteiger partial charge is 0.493 e. The second-order valence-corrected chi connectivity index (χ2v) is 10.4. The number of ether oxygens (including phenoxy) is 1. The number of piperidine rings is 2. The first-order valence-corrected chi connectivity index (χ1v) is 13.2. The zero-order valence-electron chi connectivity index (χ0n) is 18.4. The molecule has 170 valence electrons. The van der Waals surface area contributed by atoms with Gasteiger partial charge in [-0.25, -0.2) is 4.98 Å². The van der Waals surface area contributed by atoms with Crippen molar-refractivity contribution < 1.29 is 9.53 Å². The molecule has 0 saturated carbocycles. The van der Waals surface area contributed by atoms with Crippen molar-refractivity contribution in [2.75, 3.05) is 50.8 Å². The van der Waals surface area contributed by atoms with Crippen LogP contribution in [0.15, 0.2) is 16.6 Å². The van der Waals surface area contributed by atoms with Crippen molar-refractivity contribution in [3.05, 3.63) is 16.6 Å². The van der Waals surface area contributed by atoms with E-state index in [1.54, 1.807) is 11.3 Å². The molecule has 0 atom stereocenters. The normalized spacial score (nSPS) is 18.5. The molecular weight excluding hydrogens is 476 g/mol. The van der Waals surface area contributed by atoms with Crippen molar-refractivity contribution >= 4 is 48.5 Å². The third-order valence-electron chi connectivity index (χ3n) is 6.27. The summed E-state index contributed by atoms with van der Waals surface area (Å²) in [6, 6.07) is 4.10. The Balaban J connectivity index is 1.24. The van der Waals surface area contributed by atoms with Crippen LogP contribution in [0.2, 0.25) is 0 Å². The van der Waals surface area contributed by atoms with E-state index >= 15 is 0 Å². The molecule has 1 aromatic carbocycles. The molecule has 2 fully saturated rings. The number of nitrogens with one attached hydrogen (secondary N) is 1. The smallest absolute Gasteiger partial charge is 0.223 e. The van der Waals surface area contributed by atoms with E-state index in [9.17, 15) is 4.79 Å². The van der Waals surface area contributed by atoms with E-state index in [0.717, 1.165) is 71.0 Å². The van der Waals surface area contributed by atoms with Gasteiger partial charge in [-0.15, -0.1) is 0 Å². The fourth-order valence-corrected chi connectivity index (χ4v) is 5.97. The zero-order chi connectivity index (χ0) is 21.6.